The van der Waals surface area contributed by atoms with E-state index in [1.807, 2.05) is 32.0 Å². The Balaban J connectivity index is 1.81. The molecule has 2 aliphatic rings. The summed E-state index contributed by atoms with van der Waals surface area (Å²) in [5, 5.41) is 0. The normalized spacial score (nSPS) is 24.1. The lowest BCUT2D eigenvalue weighted by atomic mass is 9.78. The van der Waals surface area contributed by atoms with E-state index >= 15 is 0 Å². The minimum atomic E-state index is -0.204. The zero-order chi connectivity index (χ0) is 17.3. The van der Waals surface area contributed by atoms with E-state index in [1.54, 1.807) is 0 Å². The summed E-state index contributed by atoms with van der Waals surface area (Å²) in [7, 11) is 3.91. The summed E-state index contributed by atoms with van der Waals surface area (Å²) in [5.41, 5.74) is 0.761. The second-order valence-corrected chi connectivity index (χ2v) is 7.41. The number of nitrogens with zero attached hydrogens (tertiary/aromatic N) is 5. The predicted molar refractivity (Wildman–Crippen MR) is 96.5 cm³/mol. The van der Waals surface area contributed by atoms with E-state index in [0.717, 1.165) is 69.3 Å². The Hall–Kier alpha value is -1.85. The summed E-state index contributed by atoms with van der Waals surface area (Å²) in [5.74, 6) is 2.04. The molecule has 0 N–H and O–H groups in total. The molecule has 0 aromatic carbocycles. The van der Waals surface area contributed by atoms with Gasteiger partial charge in [0.1, 0.15) is 5.82 Å². The van der Waals surface area contributed by atoms with Crippen molar-refractivity contribution in [1.82, 2.24) is 14.9 Å². The van der Waals surface area contributed by atoms with E-state index in [-0.39, 0.29) is 5.41 Å². The molecule has 2 fully saturated rings. The SMILES string of the molecule is CCCN1CCCC2(CCN(c3cc(C)nc(N(C)C)n3)C2)C1=O. The molecule has 6 heteroatoms. The Kier molecular flexibility index (Phi) is 4.65. The van der Waals surface area contributed by atoms with Gasteiger partial charge < -0.3 is 14.7 Å². The Bertz CT molecular complexity index is 615. The molecular formula is C18H29N5O. The first-order valence-corrected chi connectivity index (χ1v) is 9.02. The van der Waals surface area contributed by atoms with Crippen LogP contribution in [0.2, 0.25) is 0 Å². The second-order valence-electron chi connectivity index (χ2n) is 7.41. The molecule has 1 aromatic heterocycles. The third-order valence-corrected chi connectivity index (χ3v) is 5.22. The fourth-order valence-electron chi connectivity index (χ4n) is 3.98. The van der Waals surface area contributed by atoms with Gasteiger partial charge in [-0.05, 0) is 32.6 Å². The number of aromatic nitrogens is 2. The molecule has 0 bridgehead atoms. The van der Waals surface area contributed by atoms with E-state index in [0.29, 0.717) is 5.91 Å². The highest BCUT2D eigenvalue weighted by Crippen LogP contribution is 2.41. The van der Waals surface area contributed by atoms with Gasteiger partial charge in [-0.15, -0.1) is 0 Å². The summed E-state index contributed by atoms with van der Waals surface area (Å²) < 4.78 is 0. The van der Waals surface area contributed by atoms with E-state index in [1.165, 1.54) is 0 Å². The first kappa shape index (κ1) is 17.0. The Labute approximate surface area is 144 Å². The number of hydrogen-bond donors (Lipinski definition) is 0. The largest absolute Gasteiger partial charge is 0.355 e. The van der Waals surface area contributed by atoms with Crippen molar-refractivity contribution >= 4 is 17.7 Å². The van der Waals surface area contributed by atoms with Crippen LogP contribution in [0.15, 0.2) is 6.07 Å². The number of rotatable bonds is 4. The van der Waals surface area contributed by atoms with E-state index in [2.05, 4.69) is 26.7 Å². The summed E-state index contributed by atoms with van der Waals surface area (Å²) in [6.07, 6.45) is 4.09. The summed E-state index contributed by atoms with van der Waals surface area (Å²) in [6, 6.07) is 2.03. The average Bonchev–Trinajstić information content (AvgIpc) is 2.97. The van der Waals surface area contributed by atoms with Gasteiger partial charge in [-0.1, -0.05) is 6.92 Å². The van der Waals surface area contributed by atoms with Crippen LogP contribution in [0, 0.1) is 12.3 Å². The zero-order valence-electron chi connectivity index (χ0n) is 15.4. The molecule has 2 aliphatic heterocycles. The number of hydrogen-bond acceptors (Lipinski definition) is 5. The van der Waals surface area contributed by atoms with E-state index in [4.69, 9.17) is 0 Å². The lowest BCUT2D eigenvalue weighted by molar-refractivity contribution is -0.145. The molecule has 1 amide bonds. The van der Waals surface area contributed by atoms with Gasteiger partial charge in [0, 0.05) is 52.0 Å². The van der Waals surface area contributed by atoms with Gasteiger partial charge in [0.25, 0.3) is 0 Å². The quantitative estimate of drug-likeness (QED) is 0.845. The minimum absolute atomic E-state index is 0.204. The first-order chi connectivity index (χ1) is 11.4. The predicted octanol–water partition coefficient (Wildman–Crippen LogP) is 2.08. The number of amides is 1. The van der Waals surface area contributed by atoms with Crippen LogP contribution in [0.25, 0.3) is 0 Å². The van der Waals surface area contributed by atoms with Crippen molar-refractivity contribution in [2.75, 3.05) is 50.1 Å². The van der Waals surface area contributed by atoms with Gasteiger partial charge in [-0.25, -0.2) is 4.98 Å². The van der Waals surface area contributed by atoms with Crippen LogP contribution in [-0.2, 0) is 4.79 Å². The lowest BCUT2D eigenvalue weighted by Gasteiger charge is -2.39. The first-order valence-electron chi connectivity index (χ1n) is 9.02. The van der Waals surface area contributed by atoms with Crippen LogP contribution in [0.3, 0.4) is 0 Å². The molecule has 2 saturated heterocycles. The third kappa shape index (κ3) is 3.06. The van der Waals surface area contributed by atoms with Gasteiger partial charge in [0.15, 0.2) is 0 Å². The van der Waals surface area contributed by atoms with Crippen molar-refractivity contribution in [3.63, 3.8) is 0 Å². The monoisotopic (exact) mass is 331 g/mol. The molecule has 0 radical (unpaired) electrons. The van der Waals surface area contributed by atoms with Crippen LogP contribution >= 0.6 is 0 Å². The van der Waals surface area contributed by atoms with Crippen LogP contribution in [0.1, 0.15) is 38.3 Å². The van der Waals surface area contributed by atoms with Gasteiger partial charge in [0.05, 0.1) is 5.41 Å². The standard InChI is InChI=1S/C18H29N5O/c1-5-9-22-10-6-7-18(16(22)24)8-11-23(13-18)15-12-14(2)19-17(20-15)21(3)4/h12H,5-11,13H2,1-4H3. The molecule has 3 rings (SSSR count). The number of likely N-dealkylation sites (tertiary alicyclic amines) is 1. The van der Waals surface area contributed by atoms with E-state index < -0.39 is 0 Å². The van der Waals surface area contributed by atoms with Crippen LogP contribution < -0.4 is 9.80 Å². The minimum Gasteiger partial charge on any atom is -0.355 e. The number of piperidine rings is 1. The summed E-state index contributed by atoms with van der Waals surface area (Å²) >= 11 is 0. The van der Waals surface area contributed by atoms with Gasteiger partial charge in [-0.2, -0.15) is 4.98 Å². The maximum Gasteiger partial charge on any atom is 0.230 e. The molecule has 1 aromatic rings. The van der Waals surface area contributed by atoms with Crippen molar-refractivity contribution in [1.29, 1.82) is 0 Å². The molecule has 3 heterocycles. The van der Waals surface area contributed by atoms with Crippen LogP contribution in [-0.4, -0.2) is 61.0 Å². The van der Waals surface area contributed by atoms with Crippen molar-refractivity contribution in [3.05, 3.63) is 11.8 Å². The topological polar surface area (TPSA) is 52.6 Å². The fourth-order valence-corrected chi connectivity index (χ4v) is 3.98. The Morgan fingerprint density at radius 3 is 2.75 bits per heavy atom. The molecule has 1 unspecified atom stereocenters. The zero-order valence-corrected chi connectivity index (χ0v) is 15.4. The third-order valence-electron chi connectivity index (χ3n) is 5.22. The van der Waals surface area contributed by atoms with E-state index in [9.17, 15) is 4.79 Å². The molecule has 24 heavy (non-hydrogen) atoms. The fraction of sp³-hybridized carbons (Fsp3) is 0.722. The highest BCUT2D eigenvalue weighted by atomic mass is 16.2. The van der Waals surface area contributed by atoms with Gasteiger partial charge >= 0.3 is 0 Å². The second kappa shape index (κ2) is 6.57. The van der Waals surface area contributed by atoms with Crippen molar-refractivity contribution < 1.29 is 4.79 Å². The molecule has 6 nitrogen and oxygen atoms in total. The molecule has 1 atom stereocenters. The molecule has 1 spiro atoms. The smallest absolute Gasteiger partial charge is 0.230 e. The van der Waals surface area contributed by atoms with Crippen molar-refractivity contribution in [2.45, 2.75) is 39.5 Å². The molecule has 0 saturated carbocycles. The van der Waals surface area contributed by atoms with Crippen LogP contribution in [0.5, 0.6) is 0 Å². The Morgan fingerprint density at radius 2 is 2.04 bits per heavy atom. The number of aryl methyl sites for hydroxylation is 1. The van der Waals surface area contributed by atoms with Gasteiger partial charge in [-0.3, -0.25) is 4.79 Å². The number of anilines is 2. The highest BCUT2D eigenvalue weighted by Gasteiger charge is 2.48. The molecular weight excluding hydrogens is 302 g/mol. The number of carbonyl (C=O) groups is 1. The van der Waals surface area contributed by atoms with Gasteiger partial charge in [0.2, 0.25) is 11.9 Å². The molecule has 132 valence electrons. The Morgan fingerprint density at radius 1 is 1.25 bits per heavy atom. The highest BCUT2D eigenvalue weighted by molar-refractivity contribution is 5.85. The van der Waals surface area contributed by atoms with Crippen LogP contribution in [0.4, 0.5) is 11.8 Å². The number of carbonyl (C=O) groups excluding carboxylic acids is 1. The molecule has 0 aliphatic carbocycles. The lowest BCUT2D eigenvalue weighted by Crippen LogP contribution is -2.50. The maximum atomic E-state index is 13.0. The van der Waals surface area contributed by atoms with Crippen molar-refractivity contribution in [3.8, 4) is 0 Å². The summed E-state index contributed by atoms with van der Waals surface area (Å²) in [4.78, 5) is 28.5. The average molecular weight is 331 g/mol. The maximum absolute atomic E-state index is 13.0. The summed E-state index contributed by atoms with van der Waals surface area (Å²) in [6.45, 7) is 7.63. The van der Waals surface area contributed by atoms with Crippen molar-refractivity contribution in [2.24, 2.45) is 5.41 Å².